The van der Waals surface area contributed by atoms with Crippen LogP contribution in [0.3, 0.4) is 0 Å². The Hall–Kier alpha value is -0.800. The van der Waals surface area contributed by atoms with Gasteiger partial charge in [-0.25, -0.2) is 18.1 Å². The molecule has 8 heteroatoms. The van der Waals surface area contributed by atoms with Crippen molar-refractivity contribution in [3.63, 3.8) is 0 Å². The fourth-order valence-corrected chi connectivity index (χ4v) is 4.88. The first-order valence-electron chi connectivity index (χ1n) is 5.73. The lowest BCUT2D eigenvalue weighted by atomic mass is 10.3. The maximum Gasteiger partial charge on any atom is 0.250 e. The zero-order chi connectivity index (χ0) is 13.9. The summed E-state index contributed by atoms with van der Waals surface area (Å²) in [4.78, 5) is 5.08. The van der Waals surface area contributed by atoms with Crippen molar-refractivity contribution in [2.75, 3.05) is 6.54 Å². The average Bonchev–Trinajstić information content (AvgIpc) is 2.99. The Morgan fingerprint density at radius 3 is 2.89 bits per heavy atom. The summed E-state index contributed by atoms with van der Waals surface area (Å²) in [6, 6.07) is 3.09. The maximum absolute atomic E-state index is 12.2. The molecule has 1 unspecified atom stereocenters. The number of sulfonamides is 1. The second-order valence-electron chi connectivity index (χ2n) is 3.97. The average molecular weight is 317 g/mol. The molecule has 0 aliphatic rings. The third-order valence-corrected chi connectivity index (χ3v) is 6.58. The number of nitrogens with two attached hydrogens (primary N) is 1. The van der Waals surface area contributed by atoms with Crippen LogP contribution in [0.2, 0.25) is 0 Å². The number of nitrogens with zero attached hydrogens (tertiary/aromatic N) is 1. The molecule has 104 valence electrons. The van der Waals surface area contributed by atoms with Gasteiger partial charge in [0, 0.05) is 16.5 Å². The second kappa shape index (κ2) is 6.10. The van der Waals surface area contributed by atoms with E-state index in [1.807, 2.05) is 5.38 Å². The molecule has 0 aromatic carbocycles. The molecule has 2 rings (SSSR count). The molecule has 19 heavy (non-hydrogen) atoms. The molecule has 3 N–H and O–H groups in total. The topological polar surface area (TPSA) is 85.1 Å². The molecule has 2 aromatic heterocycles. The zero-order valence-corrected chi connectivity index (χ0v) is 12.8. The van der Waals surface area contributed by atoms with E-state index in [-0.39, 0.29) is 6.04 Å². The first kappa shape index (κ1) is 14.6. The number of hydrogen-bond acceptors (Lipinski definition) is 6. The van der Waals surface area contributed by atoms with E-state index in [0.717, 1.165) is 9.88 Å². The smallest absolute Gasteiger partial charge is 0.250 e. The van der Waals surface area contributed by atoms with Crippen LogP contribution in [-0.2, 0) is 16.4 Å². The normalized spacial score (nSPS) is 13.6. The highest BCUT2D eigenvalue weighted by Crippen LogP contribution is 2.24. The minimum Gasteiger partial charge on any atom is -0.330 e. The van der Waals surface area contributed by atoms with E-state index in [0.29, 0.717) is 17.2 Å². The third-order valence-electron chi connectivity index (χ3n) is 2.45. The number of thiazole rings is 1. The van der Waals surface area contributed by atoms with Gasteiger partial charge in [-0.15, -0.1) is 22.7 Å². The zero-order valence-electron chi connectivity index (χ0n) is 10.4. The lowest BCUT2D eigenvalue weighted by Crippen LogP contribution is -2.26. The summed E-state index contributed by atoms with van der Waals surface area (Å²) in [6.45, 7) is 2.30. The lowest BCUT2D eigenvalue weighted by Gasteiger charge is -2.10. The first-order valence-corrected chi connectivity index (χ1v) is 8.91. The second-order valence-corrected chi connectivity index (χ2v) is 8.01. The number of hydrogen-bond donors (Lipinski definition) is 2. The lowest BCUT2D eigenvalue weighted by molar-refractivity contribution is 0.568. The number of thiophene rings is 1. The fourth-order valence-electron chi connectivity index (χ4n) is 1.57. The van der Waals surface area contributed by atoms with Gasteiger partial charge in [-0.3, -0.25) is 0 Å². The van der Waals surface area contributed by atoms with Crippen molar-refractivity contribution in [1.82, 2.24) is 9.71 Å². The predicted molar refractivity (Wildman–Crippen MR) is 77.9 cm³/mol. The SMILES string of the molecule is CC(NS(=O)(=O)c1ccc(CCN)s1)c1nccs1. The van der Waals surface area contributed by atoms with Crippen molar-refractivity contribution < 1.29 is 8.42 Å². The molecule has 2 aromatic rings. The van der Waals surface area contributed by atoms with E-state index < -0.39 is 10.0 Å². The summed E-state index contributed by atoms with van der Waals surface area (Å²) >= 11 is 2.69. The van der Waals surface area contributed by atoms with E-state index in [1.165, 1.54) is 22.7 Å². The molecule has 0 bridgehead atoms. The summed E-state index contributed by atoms with van der Waals surface area (Å²) in [7, 11) is -3.49. The van der Waals surface area contributed by atoms with Crippen molar-refractivity contribution >= 4 is 32.7 Å². The molecule has 0 aliphatic carbocycles. The van der Waals surface area contributed by atoms with Crippen LogP contribution in [0.4, 0.5) is 0 Å². The van der Waals surface area contributed by atoms with E-state index in [9.17, 15) is 8.42 Å². The molecule has 0 radical (unpaired) electrons. The minimum absolute atomic E-state index is 0.319. The van der Waals surface area contributed by atoms with Crippen molar-refractivity contribution in [3.05, 3.63) is 33.6 Å². The van der Waals surface area contributed by atoms with Gasteiger partial charge in [-0.2, -0.15) is 0 Å². The fraction of sp³-hybridized carbons (Fsp3) is 0.364. The standard InChI is InChI=1S/C11H15N3O2S3/c1-8(11-13-6-7-17-11)14-19(15,16)10-3-2-9(18-10)4-5-12/h2-3,6-8,14H,4-5,12H2,1H3. The Morgan fingerprint density at radius 2 is 2.26 bits per heavy atom. The molecule has 0 fully saturated rings. The van der Waals surface area contributed by atoms with Crippen LogP contribution >= 0.6 is 22.7 Å². The minimum atomic E-state index is -3.49. The van der Waals surface area contributed by atoms with Crippen molar-refractivity contribution in [1.29, 1.82) is 0 Å². The van der Waals surface area contributed by atoms with Gasteiger partial charge in [-0.1, -0.05) is 0 Å². The van der Waals surface area contributed by atoms with Crippen LogP contribution in [0.15, 0.2) is 27.9 Å². The summed E-state index contributed by atoms with van der Waals surface area (Å²) in [6.07, 6.45) is 2.36. The van der Waals surface area contributed by atoms with Gasteiger partial charge >= 0.3 is 0 Å². The van der Waals surface area contributed by atoms with Crippen molar-refractivity contribution in [2.24, 2.45) is 5.73 Å². The van der Waals surface area contributed by atoms with Gasteiger partial charge in [0.2, 0.25) is 0 Å². The molecular weight excluding hydrogens is 302 g/mol. The molecule has 5 nitrogen and oxygen atoms in total. The highest BCUT2D eigenvalue weighted by atomic mass is 32.2. The predicted octanol–water partition coefficient (Wildman–Crippen LogP) is 1.75. The highest BCUT2D eigenvalue weighted by molar-refractivity contribution is 7.91. The number of aromatic nitrogens is 1. The largest absolute Gasteiger partial charge is 0.330 e. The quantitative estimate of drug-likeness (QED) is 0.850. The molecule has 2 heterocycles. The Bertz CT molecular complexity index is 619. The van der Waals surface area contributed by atoms with E-state index in [1.54, 1.807) is 25.3 Å². The molecule has 0 spiro atoms. The van der Waals surface area contributed by atoms with Crippen molar-refractivity contribution in [3.8, 4) is 0 Å². The summed E-state index contributed by atoms with van der Waals surface area (Å²) in [5, 5.41) is 2.58. The van der Waals surface area contributed by atoms with Gasteiger partial charge in [0.15, 0.2) is 0 Å². The number of nitrogens with one attached hydrogen (secondary N) is 1. The van der Waals surface area contributed by atoms with E-state index in [2.05, 4.69) is 9.71 Å². The highest BCUT2D eigenvalue weighted by Gasteiger charge is 2.21. The molecule has 0 saturated carbocycles. The van der Waals surface area contributed by atoms with Crippen LogP contribution in [0.5, 0.6) is 0 Å². The van der Waals surface area contributed by atoms with Gasteiger partial charge in [0.05, 0.1) is 6.04 Å². The Labute approximate surface area is 120 Å². The van der Waals surface area contributed by atoms with Crippen molar-refractivity contribution in [2.45, 2.75) is 23.6 Å². The Balaban J connectivity index is 2.13. The van der Waals surface area contributed by atoms with E-state index in [4.69, 9.17) is 5.73 Å². The summed E-state index contributed by atoms with van der Waals surface area (Å²) < 4.78 is 27.3. The van der Waals surface area contributed by atoms with E-state index >= 15 is 0 Å². The molecule has 0 aliphatic heterocycles. The number of rotatable bonds is 6. The molecular formula is C11H15N3O2S3. The van der Waals surface area contributed by atoms with Crippen LogP contribution in [0.25, 0.3) is 0 Å². The monoisotopic (exact) mass is 317 g/mol. The van der Waals surface area contributed by atoms with Crippen LogP contribution in [0, 0.1) is 0 Å². The first-order chi connectivity index (χ1) is 9.03. The molecule has 0 saturated heterocycles. The van der Waals surface area contributed by atoms with Crippen LogP contribution < -0.4 is 10.5 Å². The molecule has 1 atom stereocenters. The Kier molecular flexibility index (Phi) is 4.69. The van der Waals surface area contributed by atoms with Gasteiger partial charge in [0.1, 0.15) is 9.22 Å². The summed E-state index contributed by atoms with van der Waals surface area (Å²) in [5.41, 5.74) is 5.46. The maximum atomic E-state index is 12.2. The third kappa shape index (κ3) is 3.61. The van der Waals surface area contributed by atoms with Crippen LogP contribution in [0.1, 0.15) is 22.9 Å². The molecule has 0 amide bonds. The van der Waals surface area contributed by atoms with Crippen LogP contribution in [-0.4, -0.2) is 19.9 Å². The Morgan fingerprint density at radius 1 is 1.47 bits per heavy atom. The summed E-state index contributed by atoms with van der Waals surface area (Å²) in [5.74, 6) is 0. The van der Waals surface area contributed by atoms with Gasteiger partial charge in [0.25, 0.3) is 10.0 Å². The van der Waals surface area contributed by atoms with Gasteiger partial charge in [-0.05, 0) is 32.0 Å². The van der Waals surface area contributed by atoms with Gasteiger partial charge < -0.3 is 5.73 Å².